The Morgan fingerprint density at radius 1 is 1.63 bits per heavy atom. The van der Waals surface area contributed by atoms with Crippen LogP contribution in [0, 0.1) is 5.41 Å². The summed E-state index contributed by atoms with van der Waals surface area (Å²) in [5.41, 5.74) is 6.44. The molecule has 1 aliphatic carbocycles. The molecule has 1 aromatic heterocycles. The van der Waals surface area contributed by atoms with Crippen LogP contribution in [0.4, 0.5) is 0 Å². The number of aryl methyl sites for hydroxylation is 1. The fraction of sp³-hybridized carbons (Fsp3) is 0.692. The van der Waals surface area contributed by atoms with E-state index in [-0.39, 0.29) is 17.9 Å². The maximum Gasteiger partial charge on any atom is 0.241 e. The van der Waals surface area contributed by atoms with Crippen LogP contribution in [0.15, 0.2) is 12.4 Å². The van der Waals surface area contributed by atoms with Gasteiger partial charge in [0.2, 0.25) is 5.91 Å². The second-order valence-electron chi connectivity index (χ2n) is 5.51. The molecule has 1 fully saturated rings. The van der Waals surface area contributed by atoms with Gasteiger partial charge >= 0.3 is 0 Å². The fourth-order valence-corrected chi connectivity index (χ4v) is 2.65. The van der Waals surface area contributed by atoms with Gasteiger partial charge in [0.25, 0.3) is 0 Å². The molecule has 0 radical (unpaired) electrons. The zero-order valence-corrected chi connectivity index (χ0v) is 11.3. The summed E-state index contributed by atoms with van der Waals surface area (Å²) < 4.78 is 1.62. The third-order valence-electron chi connectivity index (χ3n) is 4.00. The van der Waals surface area contributed by atoms with Crippen molar-refractivity contribution in [3.63, 3.8) is 0 Å². The van der Waals surface area contributed by atoms with Crippen molar-refractivity contribution in [3.8, 4) is 0 Å². The van der Waals surface area contributed by atoms with Crippen LogP contribution in [-0.2, 0) is 11.8 Å². The summed E-state index contributed by atoms with van der Waals surface area (Å²) in [5, 5.41) is 16.4. The van der Waals surface area contributed by atoms with Crippen LogP contribution in [0.3, 0.4) is 0 Å². The van der Waals surface area contributed by atoms with E-state index in [4.69, 9.17) is 5.73 Å². The molecule has 1 atom stereocenters. The predicted octanol–water partition coefficient (Wildman–Crippen LogP) is 0.0888. The number of nitrogens with one attached hydrogen (secondary N) is 1. The minimum absolute atomic E-state index is 0.120. The van der Waals surface area contributed by atoms with Crippen LogP contribution in [0.2, 0.25) is 0 Å². The average molecular weight is 266 g/mol. The largest absolute Gasteiger partial charge is 0.396 e. The van der Waals surface area contributed by atoms with Crippen LogP contribution in [0.1, 0.15) is 37.3 Å². The van der Waals surface area contributed by atoms with Gasteiger partial charge in [-0.2, -0.15) is 5.10 Å². The summed E-state index contributed by atoms with van der Waals surface area (Å²) in [5.74, 6) is -0.215. The number of carbonyl (C=O) groups is 1. The summed E-state index contributed by atoms with van der Waals surface area (Å²) in [4.78, 5) is 12.0. The van der Waals surface area contributed by atoms with E-state index in [1.54, 1.807) is 24.1 Å². The molecule has 1 aliphatic rings. The molecule has 1 heterocycles. The second kappa shape index (κ2) is 5.71. The SMILES string of the molecule is Cn1cc(C(N)C(=O)NCC2(CO)CCCC2)cn1. The monoisotopic (exact) mass is 266 g/mol. The summed E-state index contributed by atoms with van der Waals surface area (Å²) >= 11 is 0. The Balaban J connectivity index is 1.90. The first-order valence-corrected chi connectivity index (χ1v) is 6.69. The van der Waals surface area contributed by atoms with E-state index < -0.39 is 6.04 Å². The average Bonchev–Trinajstić information content (AvgIpc) is 3.04. The first-order valence-electron chi connectivity index (χ1n) is 6.69. The molecule has 1 aromatic rings. The number of aliphatic hydroxyl groups excluding tert-OH is 1. The Labute approximate surface area is 113 Å². The van der Waals surface area contributed by atoms with Crippen LogP contribution in [-0.4, -0.2) is 33.9 Å². The molecule has 0 saturated heterocycles. The summed E-state index contributed by atoms with van der Waals surface area (Å²) in [6, 6.07) is -0.703. The number of carbonyl (C=O) groups excluding carboxylic acids is 1. The zero-order valence-electron chi connectivity index (χ0n) is 11.3. The van der Waals surface area contributed by atoms with Crippen molar-refractivity contribution >= 4 is 5.91 Å². The number of aromatic nitrogens is 2. The normalized spacial score (nSPS) is 19.3. The molecule has 0 aliphatic heterocycles. The molecule has 19 heavy (non-hydrogen) atoms. The van der Waals surface area contributed by atoms with E-state index >= 15 is 0 Å². The van der Waals surface area contributed by atoms with Gasteiger partial charge in [-0.05, 0) is 12.8 Å². The highest BCUT2D eigenvalue weighted by Gasteiger charge is 2.34. The first-order chi connectivity index (χ1) is 9.06. The molecule has 0 spiro atoms. The predicted molar refractivity (Wildman–Crippen MR) is 71.1 cm³/mol. The highest BCUT2D eigenvalue weighted by Crippen LogP contribution is 2.36. The van der Waals surface area contributed by atoms with Gasteiger partial charge in [-0.25, -0.2) is 0 Å². The summed E-state index contributed by atoms with van der Waals surface area (Å²) in [6.07, 6.45) is 7.50. The van der Waals surface area contributed by atoms with Gasteiger partial charge in [-0.15, -0.1) is 0 Å². The minimum atomic E-state index is -0.703. The summed E-state index contributed by atoms with van der Waals surface area (Å²) in [6.45, 7) is 0.617. The Morgan fingerprint density at radius 2 is 2.32 bits per heavy atom. The van der Waals surface area contributed by atoms with Crippen molar-refractivity contribution in [2.75, 3.05) is 13.2 Å². The number of nitrogens with zero attached hydrogens (tertiary/aromatic N) is 2. The van der Waals surface area contributed by atoms with E-state index in [2.05, 4.69) is 10.4 Å². The maximum atomic E-state index is 12.0. The Hall–Kier alpha value is -1.40. The number of aliphatic hydroxyl groups is 1. The van der Waals surface area contributed by atoms with Crippen LogP contribution in [0.25, 0.3) is 0 Å². The molecular formula is C13H22N4O2. The van der Waals surface area contributed by atoms with Gasteiger partial charge in [0.1, 0.15) is 6.04 Å². The van der Waals surface area contributed by atoms with Crippen molar-refractivity contribution in [3.05, 3.63) is 18.0 Å². The molecule has 1 unspecified atom stereocenters. The van der Waals surface area contributed by atoms with E-state index in [0.29, 0.717) is 12.1 Å². The third kappa shape index (κ3) is 3.13. The highest BCUT2D eigenvalue weighted by molar-refractivity contribution is 5.82. The molecule has 1 amide bonds. The number of rotatable bonds is 5. The Bertz CT molecular complexity index is 438. The lowest BCUT2D eigenvalue weighted by atomic mass is 9.87. The zero-order chi connectivity index (χ0) is 13.9. The molecule has 0 aromatic carbocycles. The topological polar surface area (TPSA) is 93.2 Å². The van der Waals surface area contributed by atoms with E-state index in [1.807, 2.05) is 0 Å². The summed E-state index contributed by atoms with van der Waals surface area (Å²) in [7, 11) is 1.79. The standard InChI is InChI=1S/C13H22N4O2/c1-17-7-10(6-16-17)11(14)12(19)15-8-13(9-18)4-2-3-5-13/h6-7,11,18H,2-5,8-9,14H2,1H3,(H,15,19). The Kier molecular flexibility index (Phi) is 4.21. The maximum absolute atomic E-state index is 12.0. The van der Waals surface area contributed by atoms with Crippen molar-refractivity contribution < 1.29 is 9.90 Å². The third-order valence-corrected chi connectivity index (χ3v) is 4.00. The minimum Gasteiger partial charge on any atom is -0.396 e. The fourth-order valence-electron chi connectivity index (χ4n) is 2.65. The van der Waals surface area contributed by atoms with E-state index in [0.717, 1.165) is 25.7 Å². The van der Waals surface area contributed by atoms with Crippen LogP contribution >= 0.6 is 0 Å². The molecule has 1 saturated carbocycles. The van der Waals surface area contributed by atoms with Gasteiger partial charge in [-0.1, -0.05) is 12.8 Å². The van der Waals surface area contributed by atoms with E-state index in [1.165, 1.54) is 0 Å². The van der Waals surface area contributed by atoms with Crippen molar-refractivity contribution in [1.29, 1.82) is 0 Å². The van der Waals surface area contributed by atoms with Gasteiger partial charge < -0.3 is 16.2 Å². The Morgan fingerprint density at radius 3 is 2.84 bits per heavy atom. The molecular weight excluding hydrogens is 244 g/mol. The van der Waals surface area contributed by atoms with Gasteiger partial charge in [-0.3, -0.25) is 9.48 Å². The van der Waals surface area contributed by atoms with Crippen molar-refractivity contribution in [2.45, 2.75) is 31.7 Å². The van der Waals surface area contributed by atoms with Crippen LogP contribution in [0.5, 0.6) is 0 Å². The second-order valence-corrected chi connectivity index (χ2v) is 5.51. The molecule has 4 N–H and O–H groups in total. The smallest absolute Gasteiger partial charge is 0.241 e. The lowest BCUT2D eigenvalue weighted by Gasteiger charge is -2.27. The molecule has 0 bridgehead atoms. The van der Waals surface area contributed by atoms with Gasteiger partial charge in [0.05, 0.1) is 12.8 Å². The van der Waals surface area contributed by atoms with Crippen molar-refractivity contribution in [2.24, 2.45) is 18.2 Å². The quantitative estimate of drug-likeness (QED) is 0.704. The lowest BCUT2D eigenvalue weighted by molar-refractivity contribution is -0.123. The number of hydrogen-bond acceptors (Lipinski definition) is 4. The van der Waals surface area contributed by atoms with Crippen LogP contribution < -0.4 is 11.1 Å². The number of nitrogens with two attached hydrogens (primary N) is 1. The molecule has 2 rings (SSSR count). The van der Waals surface area contributed by atoms with Gasteiger partial charge in [0.15, 0.2) is 0 Å². The molecule has 6 heteroatoms. The number of hydrogen-bond donors (Lipinski definition) is 3. The molecule has 6 nitrogen and oxygen atoms in total. The number of amides is 1. The lowest BCUT2D eigenvalue weighted by Crippen LogP contribution is -2.42. The van der Waals surface area contributed by atoms with Crippen molar-refractivity contribution in [1.82, 2.24) is 15.1 Å². The van der Waals surface area contributed by atoms with E-state index in [9.17, 15) is 9.90 Å². The highest BCUT2D eigenvalue weighted by atomic mass is 16.3. The first kappa shape index (κ1) is 14.0. The molecule has 106 valence electrons. The van der Waals surface area contributed by atoms with Gasteiger partial charge in [0, 0.05) is 30.8 Å².